The molecule has 1 aliphatic rings. The number of ether oxygens (including phenoxy) is 4. The van der Waals surface area contributed by atoms with Crippen LogP contribution < -0.4 is 0 Å². The van der Waals surface area contributed by atoms with Crippen LogP contribution in [0.25, 0.3) is 0 Å². The first-order valence-electron chi connectivity index (χ1n) is 6.49. The van der Waals surface area contributed by atoms with E-state index in [1.54, 1.807) is 0 Å². The Bertz CT molecular complexity index is 466. The SMILES string of the molecule is COC(=O)[C@@H](OC)c1ccc(C2COC(C)(C)O2)cc1. The molecule has 0 aliphatic carbocycles. The van der Waals surface area contributed by atoms with Crippen LogP contribution in [0.15, 0.2) is 24.3 Å². The van der Waals surface area contributed by atoms with Crippen molar-refractivity contribution < 1.29 is 23.7 Å². The van der Waals surface area contributed by atoms with Crippen LogP contribution in [0.1, 0.15) is 37.2 Å². The highest BCUT2D eigenvalue weighted by atomic mass is 16.7. The molecule has 1 saturated heterocycles. The summed E-state index contributed by atoms with van der Waals surface area (Å²) in [7, 11) is 2.82. The summed E-state index contributed by atoms with van der Waals surface area (Å²) in [5.41, 5.74) is 1.76. The molecule has 110 valence electrons. The highest BCUT2D eigenvalue weighted by Gasteiger charge is 2.33. The molecular formula is C15H20O5. The Balaban J connectivity index is 2.12. The van der Waals surface area contributed by atoms with Gasteiger partial charge in [0.2, 0.25) is 0 Å². The van der Waals surface area contributed by atoms with Crippen molar-refractivity contribution in [3.05, 3.63) is 35.4 Å². The van der Waals surface area contributed by atoms with Crippen molar-refractivity contribution in [2.45, 2.75) is 31.8 Å². The second-order valence-corrected chi connectivity index (χ2v) is 5.12. The summed E-state index contributed by atoms with van der Waals surface area (Å²) in [6.07, 6.45) is -0.788. The molecule has 2 atom stereocenters. The lowest BCUT2D eigenvalue weighted by molar-refractivity contribution is -0.152. The number of methoxy groups -OCH3 is 2. The van der Waals surface area contributed by atoms with Gasteiger partial charge in [0.1, 0.15) is 6.10 Å². The van der Waals surface area contributed by atoms with E-state index in [9.17, 15) is 4.79 Å². The van der Waals surface area contributed by atoms with Gasteiger partial charge in [-0.2, -0.15) is 0 Å². The zero-order valence-corrected chi connectivity index (χ0v) is 12.2. The third-order valence-electron chi connectivity index (χ3n) is 3.27. The molecule has 1 unspecified atom stereocenters. The van der Waals surface area contributed by atoms with Gasteiger partial charge >= 0.3 is 5.97 Å². The first-order valence-corrected chi connectivity index (χ1v) is 6.49. The lowest BCUT2D eigenvalue weighted by Gasteiger charge is -2.18. The number of hydrogen-bond acceptors (Lipinski definition) is 5. The normalized spacial score (nSPS) is 22.5. The smallest absolute Gasteiger partial charge is 0.339 e. The molecule has 20 heavy (non-hydrogen) atoms. The van der Waals surface area contributed by atoms with Gasteiger partial charge in [0, 0.05) is 7.11 Å². The fraction of sp³-hybridized carbons (Fsp3) is 0.533. The largest absolute Gasteiger partial charge is 0.467 e. The van der Waals surface area contributed by atoms with Crippen LogP contribution in [0.3, 0.4) is 0 Å². The maximum atomic E-state index is 11.6. The summed E-state index contributed by atoms with van der Waals surface area (Å²) < 4.78 is 21.2. The van der Waals surface area contributed by atoms with Crippen LogP contribution in [0.5, 0.6) is 0 Å². The van der Waals surface area contributed by atoms with Gasteiger partial charge in [-0.25, -0.2) is 4.79 Å². The first kappa shape index (κ1) is 15.0. The van der Waals surface area contributed by atoms with E-state index in [-0.39, 0.29) is 6.10 Å². The van der Waals surface area contributed by atoms with E-state index < -0.39 is 17.9 Å². The molecule has 1 heterocycles. The van der Waals surface area contributed by atoms with Gasteiger partial charge in [0.25, 0.3) is 0 Å². The molecule has 0 spiro atoms. The van der Waals surface area contributed by atoms with Crippen LogP contribution in [-0.4, -0.2) is 32.6 Å². The molecule has 1 aromatic rings. The molecular weight excluding hydrogens is 260 g/mol. The van der Waals surface area contributed by atoms with Crippen molar-refractivity contribution in [3.63, 3.8) is 0 Å². The summed E-state index contributed by atoms with van der Waals surface area (Å²) in [5, 5.41) is 0. The minimum absolute atomic E-state index is 0.0850. The Morgan fingerprint density at radius 3 is 2.40 bits per heavy atom. The predicted octanol–water partition coefficient (Wildman–Crippen LogP) is 2.37. The Hall–Kier alpha value is -1.43. The van der Waals surface area contributed by atoms with E-state index in [0.29, 0.717) is 6.61 Å². The molecule has 0 N–H and O–H groups in total. The van der Waals surface area contributed by atoms with Crippen LogP contribution >= 0.6 is 0 Å². The Kier molecular flexibility index (Phi) is 4.42. The van der Waals surface area contributed by atoms with Gasteiger partial charge in [0.15, 0.2) is 11.9 Å². The molecule has 1 aromatic carbocycles. The second-order valence-electron chi connectivity index (χ2n) is 5.12. The maximum Gasteiger partial charge on any atom is 0.339 e. The third-order valence-corrected chi connectivity index (χ3v) is 3.27. The summed E-state index contributed by atoms with van der Waals surface area (Å²) in [6, 6.07) is 7.52. The van der Waals surface area contributed by atoms with Crippen LogP contribution in [0.2, 0.25) is 0 Å². The quantitative estimate of drug-likeness (QED) is 0.793. The fourth-order valence-corrected chi connectivity index (χ4v) is 2.21. The number of carbonyl (C=O) groups is 1. The molecule has 0 radical (unpaired) electrons. The van der Waals surface area contributed by atoms with Crippen molar-refractivity contribution >= 4 is 5.97 Å². The lowest BCUT2D eigenvalue weighted by atomic mass is 10.0. The monoisotopic (exact) mass is 280 g/mol. The third kappa shape index (κ3) is 3.17. The van der Waals surface area contributed by atoms with Gasteiger partial charge in [-0.1, -0.05) is 24.3 Å². The summed E-state index contributed by atoms with van der Waals surface area (Å²) >= 11 is 0. The maximum absolute atomic E-state index is 11.6. The zero-order valence-electron chi connectivity index (χ0n) is 12.2. The van der Waals surface area contributed by atoms with E-state index >= 15 is 0 Å². The number of rotatable bonds is 4. The van der Waals surface area contributed by atoms with Crippen molar-refractivity contribution in [3.8, 4) is 0 Å². The van der Waals surface area contributed by atoms with Crippen LogP contribution in [0, 0.1) is 0 Å². The molecule has 1 fully saturated rings. The molecule has 0 bridgehead atoms. The molecule has 5 nitrogen and oxygen atoms in total. The first-order chi connectivity index (χ1) is 9.46. The van der Waals surface area contributed by atoms with E-state index in [2.05, 4.69) is 0 Å². The summed E-state index contributed by atoms with van der Waals surface area (Å²) in [5.74, 6) is -0.966. The lowest BCUT2D eigenvalue weighted by Crippen LogP contribution is -2.19. The standard InChI is InChI=1S/C15H20O5/c1-15(2)19-9-12(20-15)10-5-7-11(8-6-10)13(17-3)14(16)18-4/h5-8,12-13H,9H2,1-4H3/t12?,13-/m0/s1. The molecule has 0 saturated carbocycles. The predicted molar refractivity (Wildman–Crippen MR) is 72.1 cm³/mol. The highest BCUT2D eigenvalue weighted by Crippen LogP contribution is 2.33. The van der Waals surface area contributed by atoms with Gasteiger partial charge in [0.05, 0.1) is 13.7 Å². The summed E-state index contributed by atoms with van der Waals surface area (Å²) in [4.78, 5) is 11.6. The van der Waals surface area contributed by atoms with E-state index in [1.165, 1.54) is 14.2 Å². The minimum atomic E-state index is -0.703. The van der Waals surface area contributed by atoms with Crippen molar-refractivity contribution in [2.75, 3.05) is 20.8 Å². The van der Waals surface area contributed by atoms with Crippen molar-refractivity contribution in [1.82, 2.24) is 0 Å². The number of benzene rings is 1. The van der Waals surface area contributed by atoms with Gasteiger partial charge in [-0.3, -0.25) is 0 Å². The van der Waals surface area contributed by atoms with E-state index in [4.69, 9.17) is 18.9 Å². The second kappa shape index (κ2) is 5.91. The van der Waals surface area contributed by atoms with Gasteiger partial charge < -0.3 is 18.9 Å². The highest BCUT2D eigenvalue weighted by molar-refractivity contribution is 5.76. The van der Waals surface area contributed by atoms with Gasteiger partial charge in [-0.05, 0) is 25.0 Å². The van der Waals surface area contributed by atoms with E-state index in [1.807, 2.05) is 38.1 Å². The molecule has 0 aromatic heterocycles. The van der Waals surface area contributed by atoms with Crippen LogP contribution in [-0.2, 0) is 23.7 Å². The average molecular weight is 280 g/mol. The molecule has 1 aliphatic heterocycles. The number of esters is 1. The van der Waals surface area contributed by atoms with Crippen LogP contribution in [0.4, 0.5) is 0 Å². The summed E-state index contributed by atoms with van der Waals surface area (Å²) in [6.45, 7) is 4.30. The topological polar surface area (TPSA) is 54.0 Å². The zero-order chi connectivity index (χ0) is 14.8. The van der Waals surface area contributed by atoms with Crippen molar-refractivity contribution in [1.29, 1.82) is 0 Å². The van der Waals surface area contributed by atoms with Crippen molar-refractivity contribution in [2.24, 2.45) is 0 Å². The Morgan fingerprint density at radius 1 is 1.30 bits per heavy atom. The molecule has 5 heteroatoms. The number of hydrogen-bond donors (Lipinski definition) is 0. The number of carbonyl (C=O) groups excluding carboxylic acids is 1. The Labute approximate surface area is 118 Å². The van der Waals surface area contributed by atoms with E-state index in [0.717, 1.165) is 11.1 Å². The molecule has 2 rings (SSSR count). The van der Waals surface area contributed by atoms with Gasteiger partial charge in [-0.15, -0.1) is 0 Å². The Morgan fingerprint density at radius 2 is 1.95 bits per heavy atom. The average Bonchev–Trinajstić information content (AvgIpc) is 2.80. The molecule has 0 amide bonds. The minimum Gasteiger partial charge on any atom is -0.467 e. The fourth-order valence-electron chi connectivity index (χ4n) is 2.21.